The standard InChI is InChI=1S/C12H15F4N3O2/c13-11(14)12(15,16)6-21-5-9-18-8(3-10(20)19-9)4-17-7-1-2-7/h3,7,11,17H,1-2,4-6H2,(H,18,19,20). The fourth-order valence-electron chi connectivity index (χ4n) is 1.61. The fourth-order valence-corrected chi connectivity index (χ4v) is 1.61. The van der Waals surface area contributed by atoms with Gasteiger partial charge in [-0.25, -0.2) is 13.8 Å². The number of aromatic amines is 1. The molecular formula is C12H15F4N3O2. The van der Waals surface area contributed by atoms with Crippen LogP contribution in [-0.2, 0) is 17.9 Å². The van der Waals surface area contributed by atoms with Crippen LogP contribution >= 0.6 is 0 Å². The molecule has 1 aliphatic rings. The van der Waals surface area contributed by atoms with Crippen molar-refractivity contribution < 1.29 is 22.3 Å². The van der Waals surface area contributed by atoms with Crippen molar-refractivity contribution in [2.45, 2.75) is 44.4 Å². The first-order chi connectivity index (χ1) is 9.87. The SMILES string of the molecule is O=c1cc(CNC2CC2)nc(COCC(F)(F)C(F)F)[nH]1. The third-order valence-electron chi connectivity index (χ3n) is 2.85. The minimum atomic E-state index is -4.22. The molecule has 1 aliphatic carbocycles. The molecule has 1 saturated carbocycles. The Hall–Kier alpha value is -1.48. The number of H-pyrrole nitrogens is 1. The van der Waals surface area contributed by atoms with Crippen molar-refractivity contribution in [3.8, 4) is 0 Å². The van der Waals surface area contributed by atoms with Crippen LogP contribution in [0, 0.1) is 0 Å². The molecule has 0 bridgehead atoms. The first kappa shape index (κ1) is 15.9. The number of ether oxygens (including phenoxy) is 1. The van der Waals surface area contributed by atoms with Gasteiger partial charge in [-0.15, -0.1) is 0 Å². The summed E-state index contributed by atoms with van der Waals surface area (Å²) in [5.74, 6) is -4.19. The molecule has 0 atom stereocenters. The van der Waals surface area contributed by atoms with Crippen LogP contribution in [0.15, 0.2) is 10.9 Å². The van der Waals surface area contributed by atoms with Crippen molar-refractivity contribution >= 4 is 0 Å². The zero-order valence-electron chi connectivity index (χ0n) is 11.0. The largest absolute Gasteiger partial charge is 0.367 e. The van der Waals surface area contributed by atoms with Gasteiger partial charge in [-0.1, -0.05) is 0 Å². The highest BCUT2D eigenvalue weighted by Gasteiger charge is 2.41. The summed E-state index contributed by atoms with van der Waals surface area (Å²) < 4.78 is 53.7. The van der Waals surface area contributed by atoms with Gasteiger partial charge in [-0.05, 0) is 12.8 Å². The van der Waals surface area contributed by atoms with Crippen LogP contribution < -0.4 is 10.9 Å². The number of hydrogen-bond donors (Lipinski definition) is 2. The van der Waals surface area contributed by atoms with E-state index in [0.717, 1.165) is 12.8 Å². The van der Waals surface area contributed by atoms with Crippen molar-refractivity contribution in [1.82, 2.24) is 15.3 Å². The van der Waals surface area contributed by atoms with E-state index < -0.39 is 31.1 Å². The molecule has 118 valence electrons. The molecule has 9 heteroatoms. The highest BCUT2D eigenvalue weighted by molar-refractivity contribution is 5.03. The zero-order valence-corrected chi connectivity index (χ0v) is 11.0. The summed E-state index contributed by atoms with van der Waals surface area (Å²) in [4.78, 5) is 17.7. The van der Waals surface area contributed by atoms with E-state index in [1.165, 1.54) is 6.07 Å². The lowest BCUT2D eigenvalue weighted by Gasteiger charge is -2.14. The van der Waals surface area contributed by atoms with Crippen LogP contribution in [0.2, 0.25) is 0 Å². The van der Waals surface area contributed by atoms with E-state index in [9.17, 15) is 22.4 Å². The number of halogens is 4. The molecule has 0 saturated heterocycles. The number of rotatable bonds is 8. The molecule has 1 fully saturated rings. The van der Waals surface area contributed by atoms with Gasteiger partial charge in [0, 0.05) is 18.7 Å². The summed E-state index contributed by atoms with van der Waals surface area (Å²) in [6.07, 6.45) is -1.65. The third kappa shape index (κ3) is 5.09. The molecule has 1 aromatic heterocycles. The van der Waals surface area contributed by atoms with Gasteiger partial charge >= 0.3 is 12.3 Å². The van der Waals surface area contributed by atoms with Gasteiger partial charge in [0.2, 0.25) is 0 Å². The molecule has 0 aliphatic heterocycles. The van der Waals surface area contributed by atoms with E-state index in [4.69, 9.17) is 0 Å². The normalized spacial score (nSPS) is 15.7. The van der Waals surface area contributed by atoms with Crippen LogP contribution in [0.5, 0.6) is 0 Å². The van der Waals surface area contributed by atoms with E-state index >= 15 is 0 Å². The summed E-state index contributed by atoms with van der Waals surface area (Å²) in [5, 5.41) is 3.15. The van der Waals surface area contributed by atoms with Crippen molar-refractivity contribution in [1.29, 1.82) is 0 Å². The van der Waals surface area contributed by atoms with Gasteiger partial charge in [0.05, 0.1) is 5.69 Å². The number of nitrogens with one attached hydrogen (secondary N) is 2. The Kier molecular flexibility index (Phi) is 4.94. The molecule has 2 rings (SSSR count). The Morgan fingerprint density at radius 2 is 2.19 bits per heavy atom. The molecule has 2 N–H and O–H groups in total. The number of hydrogen-bond acceptors (Lipinski definition) is 4. The number of nitrogens with zero attached hydrogens (tertiary/aromatic N) is 1. The molecule has 0 amide bonds. The first-order valence-corrected chi connectivity index (χ1v) is 6.43. The van der Waals surface area contributed by atoms with Crippen LogP contribution in [0.25, 0.3) is 0 Å². The van der Waals surface area contributed by atoms with Crippen molar-refractivity contribution in [2.24, 2.45) is 0 Å². The molecule has 21 heavy (non-hydrogen) atoms. The third-order valence-corrected chi connectivity index (χ3v) is 2.85. The van der Waals surface area contributed by atoms with Crippen LogP contribution in [-0.4, -0.2) is 35.0 Å². The summed E-state index contributed by atoms with van der Waals surface area (Å²) in [6.45, 7) is -1.51. The molecular weight excluding hydrogens is 294 g/mol. The van der Waals surface area contributed by atoms with Crippen molar-refractivity contribution in [2.75, 3.05) is 6.61 Å². The van der Waals surface area contributed by atoms with E-state index in [1.54, 1.807) is 0 Å². The lowest BCUT2D eigenvalue weighted by molar-refractivity contribution is -0.168. The van der Waals surface area contributed by atoms with E-state index in [0.29, 0.717) is 18.3 Å². The monoisotopic (exact) mass is 309 g/mol. The molecule has 0 unspecified atom stereocenters. The minimum Gasteiger partial charge on any atom is -0.367 e. The van der Waals surface area contributed by atoms with E-state index in [1.807, 2.05) is 0 Å². The lowest BCUT2D eigenvalue weighted by Crippen LogP contribution is -2.32. The van der Waals surface area contributed by atoms with E-state index in [2.05, 4.69) is 20.0 Å². The van der Waals surface area contributed by atoms with Crippen LogP contribution in [0.4, 0.5) is 17.6 Å². The van der Waals surface area contributed by atoms with Gasteiger partial charge in [0.25, 0.3) is 5.56 Å². The van der Waals surface area contributed by atoms with Gasteiger partial charge in [0.1, 0.15) is 19.0 Å². The molecule has 5 nitrogen and oxygen atoms in total. The van der Waals surface area contributed by atoms with Crippen LogP contribution in [0.1, 0.15) is 24.4 Å². The molecule has 0 aromatic carbocycles. The quantitative estimate of drug-likeness (QED) is 0.713. The maximum atomic E-state index is 12.6. The summed E-state index contributed by atoms with van der Waals surface area (Å²) in [5.41, 5.74) is 0.00156. The summed E-state index contributed by atoms with van der Waals surface area (Å²) in [6, 6.07) is 1.71. The Morgan fingerprint density at radius 1 is 1.48 bits per heavy atom. The molecule has 0 spiro atoms. The zero-order chi connectivity index (χ0) is 15.5. The number of alkyl halides is 4. The Morgan fingerprint density at radius 3 is 2.81 bits per heavy atom. The van der Waals surface area contributed by atoms with Gasteiger partial charge in [-0.2, -0.15) is 8.78 Å². The van der Waals surface area contributed by atoms with Crippen LogP contribution in [0.3, 0.4) is 0 Å². The van der Waals surface area contributed by atoms with Crippen molar-refractivity contribution in [3.05, 3.63) is 27.9 Å². The smallest absolute Gasteiger partial charge is 0.330 e. The highest BCUT2D eigenvalue weighted by atomic mass is 19.3. The molecule has 1 aromatic rings. The highest BCUT2D eigenvalue weighted by Crippen LogP contribution is 2.23. The molecule has 0 radical (unpaired) electrons. The lowest BCUT2D eigenvalue weighted by atomic mass is 10.3. The molecule has 1 heterocycles. The topological polar surface area (TPSA) is 67.0 Å². The second-order valence-corrected chi connectivity index (χ2v) is 4.89. The van der Waals surface area contributed by atoms with Gasteiger partial charge in [0.15, 0.2) is 0 Å². The predicted molar refractivity (Wildman–Crippen MR) is 65.3 cm³/mol. The maximum Gasteiger partial charge on any atom is 0.330 e. The Balaban J connectivity index is 1.88. The van der Waals surface area contributed by atoms with Gasteiger partial charge in [-0.3, -0.25) is 4.79 Å². The van der Waals surface area contributed by atoms with Crippen molar-refractivity contribution in [3.63, 3.8) is 0 Å². The van der Waals surface area contributed by atoms with E-state index in [-0.39, 0.29) is 5.82 Å². The maximum absolute atomic E-state index is 12.6. The average molecular weight is 309 g/mol. The summed E-state index contributed by atoms with van der Waals surface area (Å²) in [7, 11) is 0. The first-order valence-electron chi connectivity index (χ1n) is 6.43. The second-order valence-electron chi connectivity index (χ2n) is 4.89. The average Bonchev–Trinajstić information content (AvgIpc) is 3.19. The number of aromatic nitrogens is 2. The minimum absolute atomic E-state index is 0.0279. The Labute approximate surface area is 117 Å². The second kappa shape index (κ2) is 6.52. The fraction of sp³-hybridized carbons (Fsp3) is 0.667. The Bertz CT molecular complexity index is 531. The summed E-state index contributed by atoms with van der Waals surface area (Å²) >= 11 is 0. The van der Waals surface area contributed by atoms with Gasteiger partial charge < -0.3 is 15.0 Å². The predicted octanol–water partition coefficient (Wildman–Crippen LogP) is 1.44.